The van der Waals surface area contributed by atoms with Crippen molar-refractivity contribution in [1.29, 1.82) is 0 Å². The Bertz CT molecular complexity index is 971. The molecule has 27 heavy (non-hydrogen) atoms. The van der Waals surface area contributed by atoms with Crippen molar-refractivity contribution in [3.05, 3.63) is 71.3 Å². The number of hydrogen-bond donors (Lipinski definition) is 1. The quantitative estimate of drug-likeness (QED) is 0.848. The van der Waals surface area contributed by atoms with E-state index in [4.69, 9.17) is 11.6 Å². The average molecular weight is 405 g/mol. The molecule has 5 nitrogen and oxygen atoms in total. The lowest BCUT2D eigenvalue weighted by molar-refractivity contribution is -0.124. The van der Waals surface area contributed by atoms with Crippen molar-refractivity contribution in [2.45, 2.75) is 30.8 Å². The number of sulfonamides is 1. The number of carbonyl (C=O) groups excluding carboxylic acids is 1. The largest absolute Gasteiger partial charge is 0.351 e. The van der Waals surface area contributed by atoms with Gasteiger partial charge in [0.05, 0.1) is 4.90 Å². The Labute approximate surface area is 164 Å². The number of fused-ring (bicyclic) bond motifs is 1. The van der Waals surface area contributed by atoms with Gasteiger partial charge in [0, 0.05) is 18.1 Å². The molecule has 1 amide bonds. The predicted octanol–water partition coefficient (Wildman–Crippen LogP) is 3.45. The fourth-order valence-corrected chi connectivity index (χ4v) is 5.04. The SMILES string of the molecule is C=C1CCN([C@@H](C)C(=O)NCc2ccc(Cl)cc2)S(=O)(=O)c2ccccc21. The van der Waals surface area contributed by atoms with E-state index < -0.39 is 16.1 Å². The minimum absolute atomic E-state index is 0.199. The normalized spacial score (nSPS) is 17.6. The molecule has 1 atom stereocenters. The number of halogens is 1. The van der Waals surface area contributed by atoms with Crippen LogP contribution in [0, 0.1) is 0 Å². The van der Waals surface area contributed by atoms with E-state index in [9.17, 15) is 13.2 Å². The van der Waals surface area contributed by atoms with Crippen LogP contribution < -0.4 is 5.32 Å². The first-order valence-electron chi connectivity index (χ1n) is 8.62. The van der Waals surface area contributed by atoms with Gasteiger partial charge < -0.3 is 5.32 Å². The van der Waals surface area contributed by atoms with E-state index >= 15 is 0 Å². The summed E-state index contributed by atoms with van der Waals surface area (Å²) in [5.74, 6) is -0.349. The molecule has 0 bridgehead atoms. The zero-order valence-electron chi connectivity index (χ0n) is 15.0. The van der Waals surface area contributed by atoms with Crippen molar-refractivity contribution in [2.24, 2.45) is 0 Å². The molecule has 0 aliphatic carbocycles. The summed E-state index contributed by atoms with van der Waals surface area (Å²) in [6, 6.07) is 13.1. The number of benzene rings is 2. The van der Waals surface area contributed by atoms with E-state index in [-0.39, 0.29) is 17.3 Å². The Morgan fingerprint density at radius 1 is 1.22 bits per heavy atom. The van der Waals surface area contributed by atoms with Crippen LogP contribution >= 0.6 is 11.6 Å². The molecule has 0 aromatic heterocycles. The van der Waals surface area contributed by atoms with Gasteiger partial charge in [0.2, 0.25) is 15.9 Å². The van der Waals surface area contributed by atoms with E-state index in [2.05, 4.69) is 11.9 Å². The molecule has 0 unspecified atom stereocenters. The Hall–Kier alpha value is -2.15. The Kier molecular flexibility index (Phi) is 5.69. The molecule has 1 aliphatic heterocycles. The zero-order chi connectivity index (χ0) is 19.6. The summed E-state index contributed by atoms with van der Waals surface area (Å²) in [5.41, 5.74) is 2.26. The van der Waals surface area contributed by atoms with Gasteiger partial charge in [-0.1, -0.05) is 48.5 Å². The van der Waals surface area contributed by atoms with Crippen LogP contribution in [0.25, 0.3) is 5.57 Å². The van der Waals surface area contributed by atoms with Crippen molar-refractivity contribution in [3.8, 4) is 0 Å². The van der Waals surface area contributed by atoms with E-state index in [1.165, 1.54) is 4.31 Å². The molecule has 2 aromatic carbocycles. The molecule has 1 N–H and O–H groups in total. The average Bonchev–Trinajstić information content (AvgIpc) is 2.76. The molecule has 0 spiro atoms. The first-order chi connectivity index (χ1) is 12.8. The highest BCUT2D eigenvalue weighted by Crippen LogP contribution is 2.32. The number of amides is 1. The number of nitrogens with one attached hydrogen (secondary N) is 1. The minimum Gasteiger partial charge on any atom is -0.351 e. The van der Waals surface area contributed by atoms with Crippen LogP contribution in [0.3, 0.4) is 0 Å². The fraction of sp³-hybridized carbons (Fsp3) is 0.250. The molecule has 0 radical (unpaired) electrons. The summed E-state index contributed by atoms with van der Waals surface area (Å²) < 4.78 is 27.5. The van der Waals surface area contributed by atoms with Crippen molar-refractivity contribution >= 4 is 33.1 Å². The number of carbonyl (C=O) groups is 1. The third-order valence-electron chi connectivity index (χ3n) is 4.68. The smallest absolute Gasteiger partial charge is 0.244 e. The first kappa shape index (κ1) is 19.6. The standard InChI is InChI=1S/C20H21ClN2O3S/c1-14-11-12-23(27(25,26)19-6-4-3-5-18(14)19)15(2)20(24)22-13-16-7-9-17(21)10-8-16/h3-10,15H,1,11-13H2,2H3,(H,22,24)/t15-/m0/s1. The monoisotopic (exact) mass is 404 g/mol. The maximum absolute atomic E-state index is 13.1. The summed E-state index contributed by atoms with van der Waals surface area (Å²) in [5, 5.41) is 3.42. The maximum atomic E-state index is 13.1. The lowest BCUT2D eigenvalue weighted by Crippen LogP contribution is -2.47. The van der Waals surface area contributed by atoms with Crippen molar-refractivity contribution in [3.63, 3.8) is 0 Å². The van der Waals surface area contributed by atoms with E-state index in [0.29, 0.717) is 23.6 Å². The lowest BCUT2D eigenvalue weighted by atomic mass is 10.0. The van der Waals surface area contributed by atoms with Crippen LogP contribution in [0.2, 0.25) is 5.02 Å². The Balaban J connectivity index is 1.79. The second kappa shape index (κ2) is 7.84. The third kappa shape index (κ3) is 4.08. The zero-order valence-corrected chi connectivity index (χ0v) is 16.6. The molecular weight excluding hydrogens is 384 g/mol. The van der Waals surface area contributed by atoms with Gasteiger partial charge in [0.1, 0.15) is 6.04 Å². The molecule has 7 heteroatoms. The molecule has 3 rings (SSSR count). The Morgan fingerprint density at radius 2 is 1.89 bits per heavy atom. The van der Waals surface area contributed by atoms with Gasteiger partial charge in [-0.25, -0.2) is 8.42 Å². The van der Waals surface area contributed by atoms with Crippen molar-refractivity contribution in [1.82, 2.24) is 9.62 Å². The topological polar surface area (TPSA) is 66.5 Å². The number of nitrogens with zero attached hydrogens (tertiary/aromatic N) is 1. The molecule has 0 fully saturated rings. The Morgan fingerprint density at radius 3 is 2.59 bits per heavy atom. The highest BCUT2D eigenvalue weighted by molar-refractivity contribution is 7.89. The van der Waals surface area contributed by atoms with Crippen LogP contribution in [0.5, 0.6) is 0 Å². The van der Waals surface area contributed by atoms with Gasteiger partial charge in [0.25, 0.3) is 0 Å². The van der Waals surface area contributed by atoms with Crippen LogP contribution in [0.15, 0.2) is 60.0 Å². The van der Waals surface area contributed by atoms with Gasteiger partial charge in [-0.3, -0.25) is 4.79 Å². The second-order valence-corrected chi connectivity index (χ2v) is 8.78. The predicted molar refractivity (Wildman–Crippen MR) is 107 cm³/mol. The first-order valence-corrected chi connectivity index (χ1v) is 10.4. The highest BCUT2D eigenvalue weighted by Gasteiger charge is 2.36. The summed E-state index contributed by atoms with van der Waals surface area (Å²) >= 11 is 5.86. The van der Waals surface area contributed by atoms with Crippen molar-refractivity contribution < 1.29 is 13.2 Å². The summed E-state index contributed by atoms with van der Waals surface area (Å²) in [7, 11) is -3.79. The maximum Gasteiger partial charge on any atom is 0.244 e. The van der Waals surface area contributed by atoms with Crippen molar-refractivity contribution in [2.75, 3.05) is 6.54 Å². The molecule has 0 saturated carbocycles. The molecule has 1 heterocycles. The summed E-state index contributed by atoms with van der Waals surface area (Å²) in [4.78, 5) is 12.8. The number of rotatable bonds is 4. The summed E-state index contributed by atoms with van der Waals surface area (Å²) in [6.07, 6.45) is 0.477. The summed E-state index contributed by atoms with van der Waals surface area (Å²) in [6.45, 7) is 6.12. The fourth-order valence-electron chi connectivity index (χ4n) is 3.08. The van der Waals surface area contributed by atoms with Crippen LogP contribution in [0.4, 0.5) is 0 Å². The van der Waals surface area contributed by atoms with Gasteiger partial charge in [-0.05, 0) is 48.2 Å². The number of hydrogen-bond acceptors (Lipinski definition) is 3. The van der Waals surface area contributed by atoms with E-state index in [1.54, 1.807) is 43.3 Å². The van der Waals surface area contributed by atoms with Crippen LogP contribution in [-0.4, -0.2) is 31.2 Å². The van der Waals surface area contributed by atoms with Gasteiger partial charge in [-0.15, -0.1) is 0 Å². The van der Waals surface area contributed by atoms with E-state index in [1.807, 2.05) is 12.1 Å². The van der Waals surface area contributed by atoms with Gasteiger partial charge in [0.15, 0.2) is 0 Å². The van der Waals surface area contributed by atoms with Gasteiger partial charge in [-0.2, -0.15) is 4.31 Å². The highest BCUT2D eigenvalue weighted by atomic mass is 35.5. The second-order valence-electron chi connectivity index (χ2n) is 6.49. The molecule has 1 aliphatic rings. The van der Waals surface area contributed by atoms with Gasteiger partial charge >= 0.3 is 0 Å². The minimum atomic E-state index is -3.79. The van der Waals surface area contributed by atoms with Crippen LogP contribution in [0.1, 0.15) is 24.5 Å². The third-order valence-corrected chi connectivity index (χ3v) is 6.96. The van der Waals surface area contributed by atoms with Crippen LogP contribution in [-0.2, 0) is 21.4 Å². The molecule has 0 saturated heterocycles. The molecular formula is C20H21ClN2O3S. The lowest BCUT2D eigenvalue weighted by Gasteiger charge is -2.26. The molecule has 142 valence electrons. The molecule has 2 aromatic rings. The van der Waals surface area contributed by atoms with E-state index in [0.717, 1.165) is 11.1 Å².